The molecule has 7 heteroatoms. The number of hydrogen-bond donors (Lipinski definition) is 0. The largest absolute Gasteiger partial charge is 0.497 e. The van der Waals surface area contributed by atoms with Crippen LogP contribution in [0.2, 0.25) is 5.02 Å². The fourth-order valence-electron chi connectivity index (χ4n) is 3.78. The minimum Gasteiger partial charge on any atom is -0.497 e. The van der Waals surface area contributed by atoms with Gasteiger partial charge in [-0.05, 0) is 53.1 Å². The Morgan fingerprint density at radius 1 is 0.909 bits per heavy atom. The van der Waals surface area contributed by atoms with Crippen LogP contribution in [0.4, 0.5) is 0 Å². The van der Waals surface area contributed by atoms with Gasteiger partial charge in [0.15, 0.2) is 0 Å². The Morgan fingerprint density at radius 2 is 1.61 bits per heavy atom. The molecule has 0 N–H and O–H groups in total. The van der Waals surface area contributed by atoms with Crippen LogP contribution in [0, 0.1) is 0 Å². The minimum atomic E-state index is -0.103. The number of nitrogens with zero attached hydrogens (tertiary/aromatic N) is 3. The van der Waals surface area contributed by atoms with Crippen molar-refractivity contribution in [2.75, 3.05) is 33.3 Å². The molecule has 1 aromatic heterocycles. The quantitative estimate of drug-likeness (QED) is 0.535. The average Bonchev–Trinajstić information content (AvgIpc) is 2.87. The number of ether oxygens (including phenoxy) is 1. The van der Waals surface area contributed by atoms with E-state index in [-0.39, 0.29) is 11.8 Å². The molecule has 2 aromatic carbocycles. The van der Waals surface area contributed by atoms with Gasteiger partial charge in [-0.2, -0.15) is 0 Å². The van der Waals surface area contributed by atoms with E-state index in [1.165, 1.54) is 0 Å². The number of benzene rings is 2. The van der Waals surface area contributed by atoms with Gasteiger partial charge in [-0.1, -0.05) is 35.9 Å². The Bertz CT molecular complexity index is 1150. The Hall–Kier alpha value is -3.64. The van der Waals surface area contributed by atoms with Crippen LogP contribution in [-0.2, 0) is 4.79 Å². The number of methoxy groups -OCH3 is 1. The van der Waals surface area contributed by atoms with Crippen molar-refractivity contribution in [3.63, 3.8) is 0 Å². The third-order valence-corrected chi connectivity index (χ3v) is 5.83. The summed E-state index contributed by atoms with van der Waals surface area (Å²) in [6, 6.07) is 18.5. The molecule has 0 aliphatic carbocycles. The van der Waals surface area contributed by atoms with Crippen molar-refractivity contribution < 1.29 is 14.3 Å². The van der Waals surface area contributed by atoms with E-state index < -0.39 is 0 Å². The van der Waals surface area contributed by atoms with Crippen molar-refractivity contribution >= 4 is 29.0 Å². The van der Waals surface area contributed by atoms with Crippen molar-refractivity contribution in [1.82, 2.24) is 14.8 Å². The Kier molecular flexibility index (Phi) is 7.05. The lowest BCUT2D eigenvalue weighted by Gasteiger charge is -2.34. The number of amides is 2. The SMILES string of the molecule is COc1ccc(/C(=C/C(=O)N2CCN(C(=O)c3cccnc3)CC2)c2cccc(Cl)c2)cc1. The molecule has 1 aliphatic heterocycles. The summed E-state index contributed by atoms with van der Waals surface area (Å²) in [5, 5.41) is 0.599. The summed E-state index contributed by atoms with van der Waals surface area (Å²) < 4.78 is 5.26. The maximum atomic E-state index is 13.2. The van der Waals surface area contributed by atoms with Crippen LogP contribution in [0.25, 0.3) is 5.57 Å². The number of aromatic nitrogens is 1. The van der Waals surface area contributed by atoms with Gasteiger partial charge in [0.2, 0.25) is 5.91 Å². The number of halogens is 1. The van der Waals surface area contributed by atoms with Gasteiger partial charge in [-0.15, -0.1) is 0 Å². The van der Waals surface area contributed by atoms with Crippen molar-refractivity contribution in [3.8, 4) is 5.75 Å². The number of pyridine rings is 1. The van der Waals surface area contributed by atoms with Gasteiger partial charge in [0, 0.05) is 49.7 Å². The van der Waals surface area contributed by atoms with Crippen LogP contribution in [0.3, 0.4) is 0 Å². The molecule has 4 rings (SSSR count). The standard InChI is InChI=1S/C26H24ClN3O3/c1-33-23-9-7-19(8-10-23)24(20-4-2-6-22(27)16-20)17-25(31)29-12-14-30(15-13-29)26(32)21-5-3-11-28-18-21/h2-11,16-18H,12-15H2,1H3/b24-17-. The van der Waals surface area contributed by atoms with Crippen molar-refractivity contribution in [1.29, 1.82) is 0 Å². The number of carbonyl (C=O) groups excluding carboxylic acids is 2. The first-order valence-electron chi connectivity index (χ1n) is 10.7. The van der Waals surface area contributed by atoms with Crippen LogP contribution in [-0.4, -0.2) is 59.9 Å². The molecule has 33 heavy (non-hydrogen) atoms. The molecule has 168 valence electrons. The fourth-order valence-corrected chi connectivity index (χ4v) is 3.97. The monoisotopic (exact) mass is 461 g/mol. The maximum Gasteiger partial charge on any atom is 0.255 e. The highest BCUT2D eigenvalue weighted by atomic mass is 35.5. The van der Waals surface area contributed by atoms with Crippen molar-refractivity contribution in [3.05, 3.63) is 101 Å². The van der Waals surface area contributed by atoms with E-state index in [4.69, 9.17) is 16.3 Å². The minimum absolute atomic E-state index is 0.0661. The van der Waals surface area contributed by atoms with E-state index in [0.717, 1.165) is 22.4 Å². The smallest absolute Gasteiger partial charge is 0.255 e. The zero-order valence-corrected chi connectivity index (χ0v) is 19.0. The molecule has 2 heterocycles. The van der Waals surface area contributed by atoms with E-state index in [1.807, 2.05) is 42.5 Å². The van der Waals surface area contributed by atoms with Crippen molar-refractivity contribution in [2.24, 2.45) is 0 Å². The lowest BCUT2D eigenvalue weighted by Crippen LogP contribution is -2.50. The summed E-state index contributed by atoms with van der Waals surface area (Å²) in [6.07, 6.45) is 4.85. The molecule has 0 atom stereocenters. The topological polar surface area (TPSA) is 62.7 Å². The first kappa shape index (κ1) is 22.6. The Balaban J connectivity index is 1.52. The summed E-state index contributed by atoms with van der Waals surface area (Å²) in [7, 11) is 1.62. The van der Waals surface area contributed by atoms with Gasteiger partial charge in [0.1, 0.15) is 5.75 Å². The summed E-state index contributed by atoms with van der Waals surface area (Å²) in [6.45, 7) is 1.88. The molecule has 2 amide bonds. The summed E-state index contributed by atoms with van der Waals surface area (Å²) in [4.78, 5) is 33.4. The van der Waals surface area contributed by atoms with Gasteiger partial charge in [0.05, 0.1) is 12.7 Å². The lowest BCUT2D eigenvalue weighted by atomic mass is 9.97. The van der Waals surface area contributed by atoms with E-state index in [2.05, 4.69) is 4.98 Å². The molecule has 0 radical (unpaired) electrons. The first-order valence-corrected chi connectivity index (χ1v) is 11.0. The average molecular weight is 462 g/mol. The highest BCUT2D eigenvalue weighted by Crippen LogP contribution is 2.27. The summed E-state index contributed by atoms with van der Waals surface area (Å²) in [5.41, 5.74) is 3.07. The van der Waals surface area contributed by atoms with Crippen LogP contribution < -0.4 is 4.74 Å². The second kappa shape index (κ2) is 10.3. The van der Waals surface area contributed by atoms with Gasteiger partial charge in [-0.3, -0.25) is 14.6 Å². The molecule has 0 bridgehead atoms. The predicted molar refractivity (Wildman–Crippen MR) is 128 cm³/mol. The molecular weight excluding hydrogens is 438 g/mol. The molecule has 1 saturated heterocycles. The van der Waals surface area contributed by atoms with Crippen molar-refractivity contribution in [2.45, 2.75) is 0 Å². The first-order chi connectivity index (χ1) is 16.0. The zero-order chi connectivity index (χ0) is 23.2. The number of rotatable bonds is 5. The second-order valence-corrected chi connectivity index (χ2v) is 8.09. The molecule has 0 saturated carbocycles. The van der Waals surface area contributed by atoms with Gasteiger partial charge in [0.25, 0.3) is 5.91 Å². The number of carbonyl (C=O) groups is 2. The predicted octanol–water partition coefficient (Wildman–Crippen LogP) is 4.16. The molecule has 1 aliphatic rings. The van der Waals surface area contributed by atoms with Crippen LogP contribution in [0.1, 0.15) is 21.5 Å². The Morgan fingerprint density at radius 3 is 2.24 bits per heavy atom. The normalized spacial score (nSPS) is 14.2. The second-order valence-electron chi connectivity index (χ2n) is 7.66. The van der Waals surface area contributed by atoms with E-state index in [9.17, 15) is 9.59 Å². The number of hydrogen-bond acceptors (Lipinski definition) is 4. The van der Waals surface area contributed by atoms with Gasteiger partial charge >= 0.3 is 0 Å². The maximum absolute atomic E-state index is 13.2. The van der Waals surface area contributed by atoms with E-state index in [1.54, 1.807) is 53.6 Å². The molecule has 3 aromatic rings. The molecule has 1 fully saturated rings. The van der Waals surface area contributed by atoms with Gasteiger partial charge in [-0.25, -0.2) is 0 Å². The van der Waals surface area contributed by atoms with Crippen LogP contribution in [0.5, 0.6) is 5.75 Å². The molecule has 6 nitrogen and oxygen atoms in total. The third-order valence-electron chi connectivity index (χ3n) is 5.59. The fraction of sp³-hybridized carbons (Fsp3) is 0.192. The van der Waals surface area contributed by atoms with Gasteiger partial charge < -0.3 is 14.5 Å². The highest BCUT2D eigenvalue weighted by molar-refractivity contribution is 6.30. The Labute approximate surface area is 198 Å². The molecule has 0 spiro atoms. The van der Waals surface area contributed by atoms with Crippen LogP contribution >= 0.6 is 11.6 Å². The number of piperazine rings is 1. The third kappa shape index (κ3) is 5.41. The highest BCUT2D eigenvalue weighted by Gasteiger charge is 2.24. The lowest BCUT2D eigenvalue weighted by molar-refractivity contribution is -0.127. The molecular formula is C26H24ClN3O3. The summed E-state index contributed by atoms with van der Waals surface area (Å²) >= 11 is 6.22. The van der Waals surface area contributed by atoms with Crippen LogP contribution in [0.15, 0.2) is 79.1 Å². The summed E-state index contributed by atoms with van der Waals surface area (Å²) in [5.74, 6) is 0.572. The molecule has 0 unspecified atom stereocenters. The van der Waals surface area contributed by atoms with E-state index in [0.29, 0.717) is 36.8 Å². The zero-order valence-electron chi connectivity index (χ0n) is 18.3. The van der Waals surface area contributed by atoms with E-state index >= 15 is 0 Å².